The van der Waals surface area contributed by atoms with Crippen LogP contribution >= 0.6 is 0 Å². The van der Waals surface area contributed by atoms with Gasteiger partial charge in [-0.2, -0.15) is 4.31 Å². The minimum Gasteiger partial charge on any atom is -0.361 e. The molecule has 22 heavy (non-hydrogen) atoms. The second-order valence-corrected chi connectivity index (χ2v) is 7.76. The quantitative estimate of drug-likeness (QED) is 0.871. The Balaban J connectivity index is 2.02. The minimum absolute atomic E-state index is 0.234. The number of hydrogen-bond donors (Lipinski definition) is 0. The third-order valence-electron chi connectivity index (χ3n) is 4.12. The second-order valence-electron chi connectivity index (χ2n) is 5.91. The first-order chi connectivity index (χ1) is 10.4. The molecule has 0 aliphatic carbocycles. The van der Waals surface area contributed by atoms with Crippen LogP contribution in [0.5, 0.6) is 0 Å². The number of hydrogen-bond acceptors (Lipinski definition) is 4. The lowest BCUT2D eigenvalue weighted by atomic mass is 10.1. The molecular formula is C16H20N2O3S. The Hall–Kier alpha value is -1.66. The van der Waals surface area contributed by atoms with E-state index < -0.39 is 10.0 Å². The molecule has 0 saturated carbocycles. The Morgan fingerprint density at radius 1 is 1.23 bits per heavy atom. The highest BCUT2D eigenvalue weighted by atomic mass is 32.2. The summed E-state index contributed by atoms with van der Waals surface area (Å²) in [6.45, 7) is 6.07. The molecule has 0 amide bonds. The SMILES string of the molecule is Cc1ccc(C)c(S(=O)(=O)N2CCC[C@@H]2c2cc(C)on2)c1. The first-order valence-electron chi connectivity index (χ1n) is 7.42. The van der Waals surface area contributed by atoms with Gasteiger partial charge in [-0.15, -0.1) is 0 Å². The van der Waals surface area contributed by atoms with E-state index >= 15 is 0 Å². The molecule has 6 heteroatoms. The average Bonchev–Trinajstić information content (AvgIpc) is 3.09. The summed E-state index contributed by atoms with van der Waals surface area (Å²) < 4.78 is 32.8. The Labute approximate surface area is 131 Å². The van der Waals surface area contributed by atoms with E-state index in [1.165, 1.54) is 0 Å². The van der Waals surface area contributed by atoms with E-state index in [0.29, 0.717) is 22.9 Å². The largest absolute Gasteiger partial charge is 0.361 e. The van der Waals surface area contributed by atoms with Crippen molar-refractivity contribution in [2.75, 3.05) is 6.54 Å². The maximum Gasteiger partial charge on any atom is 0.243 e. The molecule has 0 bridgehead atoms. The maximum atomic E-state index is 13.1. The van der Waals surface area contributed by atoms with Crippen LogP contribution in [0.25, 0.3) is 0 Å². The zero-order valence-electron chi connectivity index (χ0n) is 13.0. The summed E-state index contributed by atoms with van der Waals surface area (Å²) >= 11 is 0. The van der Waals surface area contributed by atoms with E-state index in [4.69, 9.17) is 4.52 Å². The smallest absolute Gasteiger partial charge is 0.243 e. The average molecular weight is 320 g/mol. The van der Waals surface area contributed by atoms with Crippen molar-refractivity contribution in [2.24, 2.45) is 0 Å². The van der Waals surface area contributed by atoms with Crippen LogP contribution in [0.4, 0.5) is 0 Å². The van der Waals surface area contributed by atoms with Crippen molar-refractivity contribution in [3.8, 4) is 0 Å². The van der Waals surface area contributed by atoms with E-state index in [1.807, 2.05) is 39.0 Å². The molecular weight excluding hydrogens is 300 g/mol. The summed E-state index contributed by atoms with van der Waals surface area (Å²) in [5, 5.41) is 4.01. The molecule has 2 heterocycles. The molecule has 2 aromatic rings. The molecule has 1 aliphatic heterocycles. The molecule has 1 fully saturated rings. The summed E-state index contributed by atoms with van der Waals surface area (Å²) in [6.07, 6.45) is 1.61. The molecule has 3 rings (SSSR count). The number of nitrogens with zero attached hydrogens (tertiary/aromatic N) is 2. The van der Waals surface area contributed by atoms with Crippen molar-refractivity contribution in [1.29, 1.82) is 0 Å². The van der Waals surface area contributed by atoms with Gasteiger partial charge >= 0.3 is 0 Å². The van der Waals surface area contributed by atoms with Gasteiger partial charge in [0, 0.05) is 12.6 Å². The van der Waals surface area contributed by atoms with Crippen LogP contribution in [-0.2, 0) is 10.0 Å². The lowest BCUT2D eigenvalue weighted by molar-refractivity contribution is 0.349. The third-order valence-corrected chi connectivity index (χ3v) is 6.17. The normalized spacial score (nSPS) is 19.7. The molecule has 1 saturated heterocycles. The monoisotopic (exact) mass is 320 g/mol. The second kappa shape index (κ2) is 5.52. The van der Waals surface area contributed by atoms with Crippen LogP contribution in [-0.4, -0.2) is 24.4 Å². The predicted molar refractivity (Wildman–Crippen MR) is 83.0 cm³/mol. The Kier molecular flexibility index (Phi) is 3.82. The fraction of sp³-hybridized carbons (Fsp3) is 0.438. The number of aromatic nitrogens is 1. The van der Waals surface area contributed by atoms with E-state index in [2.05, 4.69) is 5.16 Å². The van der Waals surface area contributed by atoms with Gasteiger partial charge in [-0.3, -0.25) is 0 Å². The molecule has 0 spiro atoms. The van der Waals surface area contributed by atoms with Crippen LogP contribution in [0.2, 0.25) is 0 Å². The Bertz CT molecular complexity index is 795. The summed E-state index contributed by atoms with van der Waals surface area (Å²) in [5.74, 6) is 0.700. The van der Waals surface area contributed by atoms with E-state index in [9.17, 15) is 8.42 Å². The summed E-state index contributed by atoms with van der Waals surface area (Å²) in [4.78, 5) is 0.389. The Morgan fingerprint density at radius 2 is 2.00 bits per heavy atom. The van der Waals surface area contributed by atoms with Gasteiger partial charge in [0.05, 0.1) is 10.9 Å². The van der Waals surface area contributed by atoms with Crippen molar-refractivity contribution < 1.29 is 12.9 Å². The van der Waals surface area contributed by atoms with Crippen LogP contribution in [0.15, 0.2) is 33.7 Å². The van der Waals surface area contributed by atoms with Crippen LogP contribution in [0.3, 0.4) is 0 Å². The topological polar surface area (TPSA) is 63.4 Å². The van der Waals surface area contributed by atoms with Gasteiger partial charge in [0.1, 0.15) is 11.5 Å². The van der Waals surface area contributed by atoms with Crippen molar-refractivity contribution in [1.82, 2.24) is 9.46 Å². The standard InChI is InChI=1S/C16H20N2O3S/c1-11-6-7-12(2)16(9-11)22(19,20)18-8-4-5-15(18)14-10-13(3)21-17-14/h6-7,9-10,15H,4-5,8H2,1-3H3/t15-/m1/s1. The van der Waals surface area contributed by atoms with Crippen LogP contribution in [0, 0.1) is 20.8 Å². The fourth-order valence-corrected chi connectivity index (χ4v) is 4.96. The van der Waals surface area contributed by atoms with E-state index in [0.717, 1.165) is 24.0 Å². The molecule has 0 radical (unpaired) electrons. The summed E-state index contributed by atoms with van der Waals surface area (Å²) in [6, 6.07) is 7.11. The van der Waals surface area contributed by atoms with Gasteiger partial charge in [-0.1, -0.05) is 17.3 Å². The molecule has 1 aliphatic rings. The highest BCUT2D eigenvalue weighted by Gasteiger charge is 2.38. The van der Waals surface area contributed by atoms with E-state index in [1.54, 1.807) is 10.4 Å². The van der Waals surface area contributed by atoms with Gasteiger partial charge < -0.3 is 4.52 Å². The summed E-state index contributed by atoms with van der Waals surface area (Å²) in [7, 11) is -3.53. The Morgan fingerprint density at radius 3 is 2.68 bits per heavy atom. The fourth-order valence-electron chi connectivity index (χ4n) is 2.98. The number of benzene rings is 1. The van der Waals surface area contributed by atoms with Gasteiger partial charge in [0.2, 0.25) is 10.0 Å². The third kappa shape index (κ3) is 2.57. The van der Waals surface area contributed by atoms with Gasteiger partial charge in [0.25, 0.3) is 0 Å². The first kappa shape index (κ1) is 15.2. The predicted octanol–water partition coefficient (Wildman–Crippen LogP) is 3.13. The van der Waals surface area contributed by atoms with Gasteiger partial charge in [-0.05, 0) is 50.8 Å². The molecule has 1 atom stereocenters. The molecule has 1 aromatic carbocycles. The first-order valence-corrected chi connectivity index (χ1v) is 8.86. The van der Waals surface area contributed by atoms with Gasteiger partial charge in [0.15, 0.2) is 0 Å². The molecule has 0 unspecified atom stereocenters. The maximum absolute atomic E-state index is 13.1. The molecule has 118 valence electrons. The lowest BCUT2D eigenvalue weighted by Gasteiger charge is -2.23. The van der Waals surface area contributed by atoms with Crippen molar-refractivity contribution >= 4 is 10.0 Å². The van der Waals surface area contributed by atoms with Gasteiger partial charge in [-0.25, -0.2) is 8.42 Å². The van der Waals surface area contributed by atoms with Crippen molar-refractivity contribution in [3.05, 3.63) is 46.8 Å². The zero-order valence-corrected chi connectivity index (χ0v) is 13.9. The number of sulfonamides is 1. The number of aryl methyl sites for hydroxylation is 3. The molecule has 1 aromatic heterocycles. The minimum atomic E-state index is -3.53. The van der Waals surface area contributed by atoms with Crippen molar-refractivity contribution in [3.63, 3.8) is 0 Å². The molecule has 0 N–H and O–H groups in total. The summed E-state index contributed by atoms with van der Waals surface area (Å²) in [5.41, 5.74) is 2.41. The molecule has 5 nitrogen and oxygen atoms in total. The highest BCUT2D eigenvalue weighted by Crippen LogP contribution is 2.37. The van der Waals surface area contributed by atoms with E-state index in [-0.39, 0.29) is 6.04 Å². The lowest BCUT2D eigenvalue weighted by Crippen LogP contribution is -2.31. The van der Waals surface area contributed by atoms with Crippen LogP contribution in [0.1, 0.15) is 41.5 Å². The zero-order chi connectivity index (χ0) is 15.9. The van der Waals surface area contributed by atoms with Crippen molar-refractivity contribution in [2.45, 2.75) is 44.6 Å². The van der Waals surface area contributed by atoms with Crippen LogP contribution < -0.4 is 0 Å². The highest BCUT2D eigenvalue weighted by molar-refractivity contribution is 7.89. The number of rotatable bonds is 3.